The van der Waals surface area contributed by atoms with E-state index in [1.807, 2.05) is 12.1 Å². The lowest BCUT2D eigenvalue weighted by Gasteiger charge is -2.23. The lowest BCUT2D eigenvalue weighted by molar-refractivity contribution is -0.435. The summed E-state index contributed by atoms with van der Waals surface area (Å²) >= 11 is 0. The highest BCUT2D eigenvalue weighted by atomic mass is 16.5. The van der Waals surface area contributed by atoms with E-state index >= 15 is 0 Å². The first-order valence-corrected chi connectivity index (χ1v) is 6.33. The summed E-state index contributed by atoms with van der Waals surface area (Å²) in [5, 5.41) is 0. The molecule has 3 heteroatoms. The third-order valence-electron chi connectivity index (χ3n) is 3.41. The van der Waals surface area contributed by atoms with E-state index in [2.05, 4.69) is 59.1 Å². The molecule has 1 heterocycles. The van der Waals surface area contributed by atoms with Gasteiger partial charge in [-0.2, -0.15) is 4.58 Å². The molecular formula is C16H17N2O+. The minimum Gasteiger partial charge on any atom is -0.497 e. The van der Waals surface area contributed by atoms with Crippen molar-refractivity contribution < 1.29 is 9.31 Å². The molecule has 0 radical (unpaired) electrons. The number of nitrogens with zero attached hydrogens (tertiary/aromatic N) is 2. The molecule has 0 aliphatic carbocycles. The zero-order chi connectivity index (χ0) is 13.2. The van der Waals surface area contributed by atoms with Crippen molar-refractivity contribution in [3.8, 4) is 5.75 Å². The van der Waals surface area contributed by atoms with Crippen molar-refractivity contribution in [2.24, 2.45) is 0 Å². The second-order valence-electron chi connectivity index (χ2n) is 4.70. The molecule has 0 fully saturated rings. The number of anilines is 1. The Morgan fingerprint density at radius 3 is 2.53 bits per heavy atom. The number of methoxy groups -OCH3 is 1. The molecule has 1 aliphatic heterocycles. The van der Waals surface area contributed by atoms with Crippen LogP contribution in [0.15, 0.2) is 48.5 Å². The molecule has 19 heavy (non-hydrogen) atoms. The predicted octanol–water partition coefficient (Wildman–Crippen LogP) is 2.87. The van der Waals surface area contributed by atoms with Gasteiger partial charge in [0, 0.05) is 19.2 Å². The number of hydrogen-bond acceptors (Lipinski definition) is 2. The largest absolute Gasteiger partial charge is 0.497 e. The van der Waals surface area contributed by atoms with Gasteiger partial charge in [-0.3, -0.25) is 0 Å². The van der Waals surface area contributed by atoms with Crippen LogP contribution in [-0.4, -0.2) is 31.6 Å². The average Bonchev–Trinajstić information content (AvgIpc) is 2.47. The third kappa shape index (κ3) is 2.19. The van der Waals surface area contributed by atoms with E-state index in [0.717, 1.165) is 12.4 Å². The molecule has 0 spiro atoms. The van der Waals surface area contributed by atoms with Gasteiger partial charge in [0.2, 0.25) is 12.4 Å². The molecule has 0 bridgehead atoms. The summed E-state index contributed by atoms with van der Waals surface area (Å²) in [4.78, 5) is 2.25. The molecule has 0 atom stereocenters. The fourth-order valence-electron chi connectivity index (χ4n) is 2.39. The van der Waals surface area contributed by atoms with Crippen molar-refractivity contribution >= 4 is 17.6 Å². The van der Waals surface area contributed by atoms with E-state index in [4.69, 9.17) is 4.74 Å². The Hall–Kier alpha value is -2.29. The van der Waals surface area contributed by atoms with Gasteiger partial charge in [0.15, 0.2) is 6.21 Å². The van der Waals surface area contributed by atoms with Crippen molar-refractivity contribution in [3.63, 3.8) is 0 Å². The Labute approximate surface area is 113 Å². The highest BCUT2D eigenvalue weighted by Gasteiger charge is 2.21. The number of hydrogen-bond donors (Lipinski definition) is 0. The fraction of sp³-hybridized carbons (Fsp3) is 0.188. The van der Waals surface area contributed by atoms with E-state index in [-0.39, 0.29) is 0 Å². The highest BCUT2D eigenvalue weighted by Crippen LogP contribution is 2.24. The number of ether oxygens (including phenoxy) is 1. The first-order chi connectivity index (χ1) is 9.28. The average molecular weight is 253 g/mol. The first-order valence-electron chi connectivity index (χ1n) is 6.33. The minimum absolute atomic E-state index is 0.851. The van der Waals surface area contributed by atoms with Crippen LogP contribution in [0.1, 0.15) is 5.56 Å². The van der Waals surface area contributed by atoms with Gasteiger partial charge in [-0.15, -0.1) is 0 Å². The van der Waals surface area contributed by atoms with E-state index < -0.39 is 0 Å². The van der Waals surface area contributed by atoms with Gasteiger partial charge >= 0.3 is 0 Å². The summed E-state index contributed by atoms with van der Waals surface area (Å²) in [6.07, 6.45) is 2.19. The fourth-order valence-corrected chi connectivity index (χ4v) is 2.39. The maximum atomic E-state index is 5.19. The van der Waals surface area contributed by atoms with Gasteiger partial charge < -0.3 is 9.64 Å². The third-order valence-corrected chi connectivity index (χ3v) is 3.41. The Balaban J connectivity index is 2.00. The SMILES string of the molecule is COc1ccc([N+]2=Cc3ccccc3N(C)C2)cc1. The van der Waals surface area contributed by atoms with Gasteiger partial charge in [0.1, 0.15) is 5.75 Å². The van der Waals surface area contributed by atoms with Gasteiger partial charge in [0.05, 0.1) is 18.4 Å². The molecule has 1 aliphatic rings. The minimum atomic E-state index is 0.851. The monoisotopic (exact) mass is 253 g/mol. The molecule has 96 valence electrons. The maximum absolute atomic E-state index is 5.19. The van der Waals surface area contributed by atoms with Crippen LogP contribution in [-0.2, 0) is 0 Å². The van der Waals surface area contributed by atoms with E-state index in [0.29, 0.717) is 0 Å². The van der Waals surface area contributed by atoms with Gasteiger partial charge in [-0.1, -0.05) is 12.1 Å². The lowest BCUT2D eigenvalue weighted by Crippen LogP contribution is -2.32. The van der Waals surface area contributed by atoms with Crippen LogP contribution in [0.4, 0.5) is 11.4 Å². The van der Waals surface area contributed by atoms with Crippen molar-refractivity contribution in [1.29, 1.82) is 0 Å². The van der Waals surface area contributed by atoms with Crippen molar-refractivity contribution in [2.45, 2.75) is 0 Å². The van der Waals surface area contributed by atoms with Gasteiger partial charge in [0.25, 0.3) is 0 Å². The van der Waals surface area contributed by atoms with E-state index in [9.17, 15) is 0 Å². The van der Waals surface area contributed by atoms with Crippen molar-refractivity contribution in [2.75, 3.05) is 25.7 Å². The smallest absolute Gasteiger partial charge is 0.224 e. The van der Waals surface area contributed by atoms with Crippen LogP contribution < -0.4 is 9.64 Å². The van der Waals surface area contributed by atoms with Crippen LogP contribution in [0.25, 0.3) is 0 Å². The summed E-state index contributed by atoms with van der Waals surface area (Å²) in [6, 6.07) is 16.6. The van der Waals surface area contributed by atoms with E-state index in [1.165, 1.54) is 16.9 Å². The summed E-state index contributed by atoms with van der Waals surface area (Å²) in [5.74, 6) is 0.884. The second kappa shape index (κ2) is 4.76. The van der Waals surface area contributed by atoms with Crippen LogP contribution in [0.2, 0.25) is 0 Å². The topological polar surface area (TPSA) is 15.5 Å². The zero-order valence-corrected chi connectivity index (χ0v) is 11.2. The molecular weight excluding hydrogens is 236 g/mol. The van der Waals surface area contributed by atoms with Crippen LogP contribution >= 0.6 is 0 Å². The molecule has 0 aromatic heterocycles. The summed E-state index contributed by atoms with van der Waals surface area (Å²) in [7, 11) is 3.80. The molecule has 0 amide bonds. The summed E-state index contributed by atoms with van der Waals surface area (Å²) < 4.78 is 7.43. The number of fused-ring (bicyclic) bond motifs is 1. The Morgan fingerprint density at radius 2 is 1.79 bits per heavy atom. The Bertz CT molecular complexity index is 617. The Kier molecular flexibility index (Phi) is 2.95. The molecule has 0 unspecified atom stereocenters. The van der Waals surface area contributed by atoms with Gasteiger partial charge in [-0.05, 0) is 24.3 Å². The van der Waals surface area contributed by atoms with Crippen molar-refractivity contribution in [1.82, 2.24) is 0 Å². The lowest BCUT2D eigenvalue weighted by atomic mass is 10.1. The van der Waals surface area contributed by atoms with Crippen LogP contribution in [0.3, 0.4) is 0 Å². The standard InChI is InChI=1S/C16H17N2O/c1-17-12-18(11-13-5-3-4-6-16(13)17)14-7-9-15(19-2)10-8-14/h3-11H,12H2,1-2H3/q+1. The molecule has 3 rings (SSSR count). The van der Waals surface area contributed by atoms with Crippen LogP contribution in [0.5, 0.6) is 5.75 Å². The van der Waals surface area contributed by atoms with Crippen LogP contribution in [0, 0.1) is 0 Å². The first kappa shape index (κ1) is 11.8. The maximum Gasteiger partial charge on any atom is 0.224 e. The second-order valence-corrected chi connectivity index (χ2v) is 4.70. The molecule has 0 saturated carbocycles. The molecule has 0 saturated heterocycles. The van der Waals surface area contributed by atoms with Crippen molar-refractivity contribution in [3.05, 3.63) is 54.1 Å². The number of benzene rings is 2. The summed E-state index contributed by atoms with van der Waals surface area (Å²) in [5.41, 5.74) is 3.68. The molecule has 2 aromatic rings. The predicted molar refractivity (Wildman–Crippen MR) is 77.8 cm³/mol. The van der Waals surface area contributed by atoms with E-state index in [1.54, 1.807) is 7.11 Å². The summed E-state index contributed by atoms with van der Waals surface area (Å²) in [6.45, 7) is 0.851. The molecule has 0 N–H and O–H groups in total. The zero-order valence-electron chi connectivity index (χ0n) is 11.2. The molecule has 3 nitrogen and oxygen atoms in total. The molecule has 2 aromatic carbocycles. The van der Waals surface area contributed by atoms with Gasteiger partial charge in [-0.25, -0.2) is 0 Å². The number of rotatable bonds is 2. The normalized spacial score (nSPS) is 13.8. The Morgan fingerprint density at radius 1 is 1.05 bits per heavy atom. The number of para-hydroxylation sites is 1. The quantitative estimate of drug-likeness (QED) is 0.765. The highest BCUT2D eigenvalue weighted by molar-refractivity contribution is 5.86.